The highest BCUT2D eigenvalue weighted by atomic mass is 32.2. The van der Waals surface area contributed by atoms with Crippen LogP contribution in [0.25, 0.3) is 22.8 Å². The zero-order valence-electron chi connectivity index (χ0n) is 17.6. The van der Waals surface area contributed by atoms with Gasteiger partial charge in [-0.2, -0.15) is 4.98 Å². The predicted molar refractivity (Wildman–Crippen MR) is 122 cm³/mol. The molecule has 1 aliphatic rings. The molecule has 3 aromatic carbocycles. The minimum absolute atomic E-state index is 0.00435. The van der Waals surface area contributed by atoms with Crippen molar-refractivity contribution in [3.8, 4) is 22.8 Å². The SMILES string of the molecule is CCCN1C(=O)c2ccccc2Sc2cc(-c3noc(-c4ccc(C)c(F)c4)n3)ccc21. The van der Waals surface area contributed by atoms with E-state index in [1.54, 1.807) is 30.8 Å². The fourth-order valence-corrected chi connectivity index (χ4v) is 4.81. The van der Waals surface area contributed by atoms with Gasteiger partial charge in [-0.05, 0) is 61.4 Å². The number of fused-ring (bicyclic) bond motifs is 2. The van der Waals surface area contributed by atoms with Crippen LogP contribution in [0.2, 0.25) is 0 Å². The van der Waals surface area contributed by atoms with E-state index in [1.165, 1.54) is 6.07 Å². The first-order valence-electron chi connectivity index (χ1n) is 10.4. The van der Waals surface area contributed by atoms with Crippen LogP contribution < -0.4 is 4.90 Å². The fraction of sp³-hybridized carbons (Fsp3) is 0.160. The van der Waals surface area contributed by atoms with Crippen LogP contribution in [0.5, 0.6) is 0 Å². The number of benzene rings is 3. The lowest BCUT2D eigenvalue weighted by atomic mass is 10.1. The third-order valence-corrected chi connectivity index (χ3v) is 6.51. The number of aryl methyl sites for hydroxylation is 1. The molecule has 0 saturated carbocycles. The molecule has 0 fully saturated rings. The van der Waals surface area contributed by atoms with E-state index in [2.05, 4.69) is 17.1 Å². The van der Waals surface area contributed by atoms with E-state index in [4.69, 9.17) is 4.52 Å². The molecule has 0 unspecified atom stereocenters. The van der Waals surface area contributed by atoms with Crippen molar-refractivity contribution in [3.05, 3.63) is 77.6 Å². The number of carbonyl (C=O) groups is 1. The number of aromatic nitrogens is 2. The molecule has 4 aromatic rings. The lowest BCUT2D eigenvalue weighted by Gasteiger charge is -2.22. The maximum Gasteiger partial charge on any atom is 0.259 e. The molecule has 160 valence electrons. The number of nitrogens with zero attached hydrogens (tertiary/aromatic N) is 3. The standard InChI is InChI=1S/C25H20FN3O2S/c1-3-12-29-20-11-10-16(14-22(20)32-21-7-5-4-6-18(21)25(29)30)23-27-24(31-28-23)17-9-8-15(2)19(26)13-17/h4-11,13-14H,3,12H2,1-2H3. The maximum atomic E-state index is 13.9. The van der Waals surface area contributed by atoms with Crippen LogP contribution in [0.4, 0.5) is 10.1 Å². The van der Waals surface area contributed by atoms with Gasteiger partial charge in [-0.1, -0.05) is 42.0 Å². The van der Waals surface area contributed by atoms with Crippen LogP contribution in [0.15, 0.2) is 75.0 Å². The van der Waals surface area contributed by atoms with Gasteiger partial charge in [-0.15, -0.1) is 0 Å². The molecule has 0 bridgehead atoms. The average molecular weight is 446 g/mol. The van der Waals surface area contributed by atoms with E-state index >= 15 is 0 Å². The van der Waals surface area contributed by atoms with Crippen molar-refractivity contribution in [2.75, 3.05) is 11.4 Å². The van der Waals surface area contributed by atoms with Gasteiger partial charge >= 0.3 is 0 Å². The number of anilines is 1. The summed E-state index contributed by atoms with van der Waals surface area (Å²) in [5.74, 6) is 0.359. The molecule has 32 heavy (non-hydrogen) atoms. The normalized spacial score (nSPS) is 13.0. The summed E-state index contributed by atoms with van der Waals surface area (Å²) in [6.07, 6.45) is 0.848. The first-order valence-corrected chi connectivity index (χ1v) is 11.2. The van der Waals surface area contributed by atoms with E-state index in [0.717, 1.165) is 27.5 Å². The van der Waals surface area contributed by atoms with E-state index in [9.17, 15) is 9.18 Å². The Morgan fingerprint density at radius 3 is 2.66 bits per heavy atom. The van der Waals surface area contributed by atoms with Crippen LogP contribution in [-0.4, -0.2) is 22.6 Å². The van der Waals surface area contributed by atoms with Crippen molar-refractivity contribution < 1.29 is 13.7 Å². The molecule has 1 amide bonds. The molecule has 0 spiro atoms. The highest BCUT2D eigenvalue weighted by Gasteiger charge is 2.27. The summed E-state index contributed by atoms with van der Waals surface area (Å²) in [5, 5.41) is 4.10. The molecule has 0 saturated heterocycles. The zero-order valence-corrected chi connectivity index (χ0v) is 18.4. The fourth-order valence-electron chi connectivity index (χ4n) is 3.69. The summed E-state index contributed by atoms with van der Waals surface area (Å²) >= 11 is 1.55. The Labute approximate surface area is 189 Å². The summed E-state index contributed by atoms with van der Waals surface area (Å²) in [5.41, 5.74) is 3.42. The minimum Gasteiger partial charge on any atom is -0.334 e. The average Bonchev–Trinajstić information content (AvgIpc) is 3.26. The van der Waals surface area contributed by atoms with Crippen molar-refractivity contribution in [2.45, 2.75) is 30.1 Å². The lowest BCUT2D eigenvalue weighted by molar-refractivity contribution is 0.0984. The Kier molecular flexibility index (Phi) is 5.27. The topological polar surface area (TPSA) is 59.2 Å². The third-order valence-electron chi connectivity index (χ3n) is 5.38. The van der Waals surface area contributed by atoms with Gasteiger partial charge in [0.2, 0.25) is 5.82 Å². The molecular formula is C25H20FN3O2S. The quantitative estimate of drug-likeness (QED) is 0.365. The van der Waals surface area contributed by atoms with E-state index in [1.807, 2.05) is 47.4 Å². The van der Waals surface area contributed by atoms with Crippen LogP contribution in [0.1, 0.15) is 29.3 Å². The number of carbonyl (C=O) groups excluding carboxylic acids is 1. The van der Waals surface area contributed by atoms with Gasteiger partial charge in [-0.3, -0.25) is 4.79 Å². The summed E-state index contributed by atoms with van der Waals surface area (Å²) in [4.78, 5) is 21.4. The smallest absolute Gasteiger partial charge is 0.259 e. The second-order valence-electron chi connectivity index (χ2n) is 7.62. The molecule has 2 heterocycles. The summed E-state index contributed by atoms with van der Waals surface area (Å²) < 4.78 is 19.4. The van der Waals surface area contributed by atoms with Gasteiger partial charge in [0.15, 0.2) is 0 Å². The van der Waals surface area contributed by atoms with Crippen LogP contribution in [0.3, 0.4) is 0 Å². The first-order chi connectivity index (χ1) is 15.5. The number of halogens is 1. The predicted octanol–water partition coefficient (Wildman–Crippen LogP) is 6.37. The molecule has 7 heteroatoms. The van der Waals surface area contributed by atoms with Crippen LogP contribution in [-0.2, 0) is 0 Å². The second-order valence-corrected chi connectivity index (χ2v) is 8.71. The van der Waals surface area contributed by atoms with Crippen LogP contribution >= 0.6 is 11.8 Å². The molecule has 0 atom stereocenters. The first kappa shape index (κ1) is 20.5. The minimum atomic E-state index is -0.317. The van der Waals surface area contributed by atoms with Crippen molar-refractivity contribution in [2.24, 2.45) is 0 Å². The summed E-state index contributed by atoms with van der Waals surface area (Å²) in [6.45, 7) is 4.39. The van der Waals surface area contributed by atoms with Crippen molar-refractivity contribution in [1.29, 1.82) is 0 Å². The molecule has 0 N–H and O–H groups in total. The number of hydrogen-bond donors (Lipinski definition) is 0. The zero-order chi connectivity index (χ0) is 22.2. The molecule has 1 aliphatic heterocycles. The Hall–Kier alpha value is -3.45. The Bertz CT molecular complexity index is 1330. The largest absolute Gasteiger partial charge is 0.334 e. The van der Waals surface area contributed by atoms with Gasteiger partial charge in [-0.25, -0.2) is 4.39 Å². The highest BCUT2D eigenvalue weighted by Crippen LogP contribution is 2.43. The van der Waals surface area contributed by atoms with Gasteiger partial charge in [0.05, 0.1) is 11.3 Å². The molecule has 0 radical (unpaired) electrons. The van der Waals surface area contributed by atoms with Gasteiger partial charge in [0.25, 0.3) is 11.8 Å². The molecule has 5 rings (SSSR count). The molecule has 0 aliphatic carbocycles. The number of rotatable bonds is 4. The third kappa shape index (κ3) is 3.58. The van der Waals surface area contributed by atoms with Crippen molar-refractivity contribution >= 4 is 23.4 Å². The summed E-state index contributed by atoms with van der Waals surface area (Å²) in [7, 11) is 0. The monoisotopic (exact) mass is 445 g/mol. The van der Waals surface area contributed by atoms with E-state index in [0.29, 0.717) is 29.1 Å². The van der Waals surface area contributed by atoms with Gasteiger partial charge in [0.1, 0.15) is 5.82 Å². The Balaban J connectivity index is 1.55. The molecule has 5 nitrogen and oxygen atoms in total. The van der Waals surface area contributed by atoms with E-state index in [-0.39, 0.29) is 17.6 Å². The van der Waals surface area contributed by atoms with Crippen molar-refractivity contribution in [1.82, 2.24) is 10.1 Å². The lowest BCUT2D eigenvalue weighted by Crippen LogP contribution is -2.31. The Morgan fingerprint density at radius 1 is 1.03 bits per heavy atom. The number of amides is 1. The van der Waals surface area contributed by atoms with Gasteiger partial charge < -0.3 is 9.42 Å². The molecular weight excluding hydrogens is 425 g/mol. The maximum absolute atomic E-state index is 13.9. The number of hydrogen-bond acceptors (Lipinski definition) is 5. The second kappa shape index (κ2) is 8.24. The van der Waals surface area contributed by atoms with Crippen LogP contribution in [0, 0.1) is 12.7 Å². The highest BCUT2D eigenvalue weighted by molar-refractivity contribution is 7.99. The van der Waals surface area contributed by atoms with E-state index < -0.39 is 0 Å². The molecule has 1 aromatic heterocycles. The van der Waals surface area contributed by atoms with Crippen molar-refractivity contribution in [3.63, 3.8) is 0 Å². The summed E-state index contributed by atoms with van der Waals surface area (Å²) in [6, 6.07) is 18.3. The Morgan fingerprint density at radius 2 is 1.84 bits per heavy atom. The van der Waals surface area contributed by atoms with Gasteiger partial charge in [0, 0.05) is 27.5 Å².